The minimum Gasteiger partial charge on any atom is -0.408 e. The Morgan fingerprint density at radius 2 is 1.92 bits per heavy atom. The number of nitrogens with one attached hydrogen (secondary N) is 2. The Bertz CT molecular complexity index is 1350. The number of halogens is 5. The number of aliphatic hydroxyl groups excluding tert-OH is 1. The number of rotatable bonds is 9. The van der Waals surface area contributed by atoms with Gasteiger partial charge in [0, 0.05) is 42.0 Å². The van der Waals surface area contributed by atoms with E-state index >= 15 is 8.78 Å². The molecule has 0 amide bonds. The van der Waals surface area contributed by atoms with Crippen molar-refractivity contribution in [3.8, 4) is 0 Å². The second-order valence-electron chi connectivity index (χ2n) is 10.1. The zero-order valence-electron chi connectivity index (χ0n) is 20.7. The van der Waals surface area contributed by atoms with Gasteiger partial charge in [-0.2, -0.15) is 0 Å². The van der Waals surface area contributed by atoms with E-state index in [0.717, 1.165) is 0 Å². The lowest BCUT2D eigenvalue weighted by Crippen LogP contribution is -2.58. The zero-order chi connectivity index (χ0) is 27.2. The van der Waals surface area contributed by atoms with Crippen molar-refractivity contribution in [2.45, 2.75) is 43.8 Å². The van der Waals surface area contributed by atoms with E-state index in [4.69, 9.17) is 4.42 Å². The number of alkyl halides is 3. The van der Waals surface area contributed by atoms with Crippen LogP contribution < -0.4 is 16.0 Å². The molecule has 1 fully saturated rings. The third-order valence-electron chi connectivity index (χ3n) is 7.39. The molecule has 7 nitrogen and oxygen atoms in total. The minimum atomic E-state index is -3.51. The summed E-state index contributed by atoms with van der Waals surface area (Å²) in [5.74, 6) is -6.00. The SMILES string of the molecule is C[C@@H]1Cc2c(ccc3[nH]c(=O)oc23)C(c2c(F)cc(N3CC(NCCCF)C3)cc2F)N1CC(F)(F)CO. The van der Waals surface area contributed by atoms with Gasteiger partial charge in [-0.1, -0.05) is 6.07 Å². The van der Waals surface area contributed by atoms with Gasteiger partial charge in [0.05, 0.1) is 24.8 Å². The number of nitrogens with zero attached hydrogens (tertiary/aromatic N) is 2. The molecule has 3 aromatic rings. The third kappa shape index (κ3) is 4.92. The fraction of sp³-hybridized carbons (Fsp3) is 0.500. The number of aliphatic hydroxyl groups is 1. The molecule has 12 heteroatoms. The summed E-state index contributed by atoms with van der Waals surface area (Å²) in [6.45, 7) is 0.378. The van der Waals surface area contributed by atoms with Crippen LogP contribution in [-0.4, -0.2) is 72.5 Å². The molecule has 0 saturated carbocycles. The van der Waals surface area contributed by atoms with Gasteiger partial charge in [0.25, 0.3) is 5.92 Å². The number of anilines is 1. The summed E-state index contributed by atoms with van der Waals surface area (Å²) in [5.41, 5.74) is 1.40. The van der Waals surface area contributed by atoms with E-state index in [-0.39, 0.29) is 18.0 Å². The molecule has 1 saturated heterocycles. The fourth-order valence-corrected chi connectivity index (χ4v) is 5.49. The fourth-order valence-electron chi connectivity index (χ4n) is 5.49. The maximum absolute atomic E-state index is 15.7. The molecular weight excluding hydrogens is 511 g/mol. The maximum atomic E-state index is 15.7. The van der Waals surface area contributed by atoms with Gasteiger partial charge in [0.1, 0.15) is 18.2 Å². The summed E-state index contributed by atoms with van der Waals surface area (Å²) in [6, 6.07) is 3.65. The van der Waals surface area contributed by atoms with E-state index in [0.29, 0.717) is 48.4 Å². The number of aromatic nitrogens is 1. The molecule has 0 radical (unpaired) electrons. The van der Waals surface area contributed by atoms with Crippen LogP contribution in [0.15, 0.2) is 33.5 Å². The molecule has 206 valence electrons. The Labute approximate surface area is 215 Å². The monoisotopic (exact) mass is 540 g/mol. The average molecular weight is 541 g/mol. The molecule has 3 N–H and O–H groups in total. The van der Waals surface area contributed by atoms with Crippen molar-refractivity contribution in [3.63, 3.8) is 0 Å². The first-order valence-electron chi connectivity index (χ1n) is 12.5. The smallest absolute Gasteiger partial charge is 0.408 e. The summed E-state index contributed by atoms with van der Waals surface area (Å²) in [6.07, 6.45) is 0.581. The van der Waals surface area contributed by atoms with Gasteiger partial charge in [0.15, 0.2) is 5.58 Å². The minimum absolute atomic E-state index is 0.0769. The van der Waals surface area contributed by atoms with Gasteiger partial charge in [-0.25, -0.2) is 22.4 Å². The highest BCUT2D eigenvalue weighted by Gasteiger charge is 2.43. The topological polar surface area (TPSA) is 84.7 Å². The van der Waals surface area contributed by atoms with Crippen LogP contribution >= 0.6 is 0 Å². The predicted octanol–water partition coefficient (Wildman–Crippen LogP) is 3.50. The molecule has 0 bridgehead atoms. The Kier molecular flexibility index (Phi) is 7.23. The summed E-state index contributed by atoms with van der Waals surface area (Å²) in [4.78, 5) is 17.4. The molecule has 2 aromatic carbocycles. The first-order chi connectivity index (χ1) is 18.1. The van der Waals surface area contributed by atoms with Crippen molar-refractivity contribution in [2.24, 2.45) is 0 Å². The molecule has 0 aliphatic carbocycles. The number of H-pyrrole nitrogens is 1. The van der Waals surface area contributed by atoms with Crippen LogP contribution in [0.2, 0.25) is 0 Å². The Morgan fingerprint density at radius 3 is 2.58 bits per heavy atom. The number of oxazole rings is 1. The quantitative estimate of drug-likeness (QED) is 0.285. The molecule has 1 unspecified atom stereocenters. The van der Waals surface area contributed by atoms with Crippen molar-refractivity contribution in [1.29, 1.82) is 0 Å². The van der Waals surface area contributed by atoms with Crippen LogP contribution in [0.4, 0.5) is 27.6 Å². The standard InChI is InChI=1S/C26H29F5N4O3/c1-14-7-18-17(3-4-21-24(18)38-25(37)33-21)23(35(14)12-26(30,31)13-36)22-19(28)8-16(9-20(22)29)34-10-15(11-34)32-6-2-5-27/h3-4,8-9,14-15,23,32,36H,2,5-7,10-13H2,1H3,(H,33,37)/t14-,23?/m1/s1. The second kappa shape index (κ2) is 10.3. The zero-order valence-corrected chi connectivity index (χ0v) is 20.7. The number of fused-ring (bicyclic) bond motifs is 3. The summed E-state index contributed by atoms with van der Waals surface area (Å²) in [7, 11) is 0. The Balaban J connectivity index is 1.53. The second-order valence-corrected chi connectivity index (χ2v) is 10.1. The Morgan fingerprint density at radius 1 is 1.21 bits per heavy atom. The number of hydrogen-bond donors (Lipinski definition) is 3. The highest BCUT2D eigenvalue weighted by Crippen LogP contribution is 2.44. The molecule has 2 aliphatic heterocycles. The molecule has 3 heterocycles. The first-order valence-corrected chi connectivity index (χ1v) is 12.5. The molecule has 2 atom stereocenters. The van der Waals surface area contributed by atoms with E-state index in [1.165, 1.54) is 23.1 Å². The predicted molar refractivity (Wildman–Crippen MR) is 132 cm³/mol. The van der Waals surface area contributed by atoms with E-state index in [1.807, 2.05) is 0 Å². The highest BCUT2D eigenvalue weighted by atomic mass is 19.3. The lowest BCUT2D eigenvalue weighted by atomic mass is 9.83. The van der Waals surface area contributed by atoms with Crippen molar-refractivity contribution in [1.82, 2.24) is 15.2 Å². The van der Waals surface area contributed by atoms with Crippen LogP contribution in [0.25, 0.3) is 11.1 Å². The molecule has 5 rings (SSSR count). The third-order valence-corrected chi connectivity index (χ3v) is 7.39. The number of hydrogen-bond acceptors (Lipinski definition) is 6. The van der Waals surface area contributed by atoms with E-state index < -0.39 is 60.8 Å². The van der Waals surface area contributed by atoms with Crippen molar-refractivity contribution in [2.75, 3.05) is 44.4 Å². The lowest BCUT2D eigenvalue weighted by Gasteiger charge is -2.44. The lowest BCUT2D eigenvalue weighted by molar-refractivity contribution is -0.0866. The van der Waals surface area contributed by atoms with E-state index in [1.54, 1.807) is 17.9 Å². The largest absolute Gasteiger partial charge is 0.417 e. The molecular formula is C26H29F5N4O3. The highest BCUT2D eigenvalue weighted by molar-refractivity contribution is 5.78. The molecule has 38 heavy (non-hydrogen) atoms. The van der Waals surface area contributed by atoms with Gasteiger partial charge in [-0.15, -0.1) is 0 Å². The molecule has 1 aromatic heterocycles. The van der Waals surface area contributed by atoms with E-state index in [2.05, 4.69) is 10.3 Å². The van der Waals surface area contributed by atoms with Gasteiger partial charge in [-0.05, 0) is 50.1 Å². The van der Waals surface area contributed by atoms with Gasteiger partial charge in [-0.3, -0.25) is 14.3 Å². The van der Waals surface area contributed by atoms with Crippen LogP contribution in [0.5, 0.6) is 0 Å². The Hall–Kier alpha value is -2.96. The summed E-state index contributed by atoms with van der Waals surface area (Å²) in [5, 5.41) is 12.4. The maximum Gasteiger partial charge on any atom is 0.417 e. The van der Waals surface area contributed by atoms with Crippen LogP contribution in [-0.2, 0) is 6.42 Å². The van der Waals surface area contributed by atoms with Crippen LogP contribution in [0.3, 0.4) is 0 Å². The molecule has 0 spiro atoms. The molecule has 2 aliphatic rings. The first kappa shape index (κ1) is 26.6. The summed E-state index contributed by atoms with van der Waals surface area (Å²) < 4.78 is 77.9. The number of aromatic amines is 1. The number of benzene rings is 2. The van der Waals surface area contributed by atoms with Crippen molar-refractivity contribution in [3.05, 3.63) is 63.1 Å². The van der Waals surface area contributed by atoms with Crippen LogP contribution in [0, 0.1) is 11.6 Å². The van der Waals surface area contributed by atoms with Gasteiger partial charge in [0.2, 0.25) is 0 Å². The summed E-state index contributed by atoms with van der Waals surface area (Å²) >= 11 is 0. The van der Waals surface area contributed by atoms with Crippen LogP contribution in [0.1, 0.15) is 36.1 Å². The van der Waals surface area contributed by atoms with Gasteiger partial charge < -0.3 is 19.7 Å². The van der Waals surface area contributed by atoms with Gasteiger partial charge >= 0.3 is 5.76 Å². The average Bonchev–Trinajstić information content (AvgIpc) is 3.22. The van der Waals surface area contributed by atoms with Crippen molar-refractivity contribution < 1.29 is 31.5 Å². The van der Waals surface area contributed by atoms with E-state index in [9.17, 15) is 23.1 Å². The van der Waals surface area contributed by atoms with Crippen molar-refractivity contribution >= 4 is 16.8 Å². The normalized spacial score (nSPS) is 20.7.